The molecule has 0 spiro atoms. The third-order valence-corrected chi connectivity index (χ3v) is 5.78. The zero-order chi connectivity index (χ0) is 24.7. The largest absolute Gasteiger partial charge is 0.480 e. The highest BCUT2D eigenvalue weighted by molar-refractivity contribution is 5.89. The molecule has 0 aromatic heterocycles. The fourth-order valence-electron chi connectivity index (χ4n) is 4.08. The van der Waals surface area contributed by atoms with Crippen LogP contribution in [0.5, 0.6) is 0 Å². The van der Waals surface area contributed by atoms with E-state index >= 15 is 0 Å². The average Bonchev–Trinajstić information content (AvgIpc) is 3.14. The Bertz CT molecular complexity index is 1050. The number of fused-ring (bicyclic) bond motifs is 3. The molecule has 1 aliphatic rings. The number of benzene rings is 2. The molecule has 0 saturated carbocycles. The molecular weight excluding hydrogens is 438 g/mol. The van der Waals surface area contributed by atoms with Gasteiger partial charge < -0.3 is 25.6 Å². The van der Waals surface area contributed by atoms with Crippen LogP contribution in [0.3, 0.4) is 0 Å². The van der Waals surface area contributed by atoms with Crippen LogP contribution in [0.4, 0.5) is 4.79 Å². The van der Waals surface area contributed by atoms with E-state index in [2.05, 4.69) is 10.6 Å². The zero-order valence-corrected chi connectivity index (χ0v) is 18.7. The van der Waals surface area contributed by atoms with E-state index in [1.54, 1.807) is 0 Å². The molecular formula is C25H27N3O6. The van der Waals surface area contributed by atoms with E-state index in [-0.39, 0.29) is 25.4 Å². The number of nitrogens with one attached hydrogen (secondary N) is 2. The number of carboxylic acids is 1. The number of rotatable bonds is 10. The Morgan fingerprint density at radius 1 is 1.06 bits per heavy atom. The lowest BCUT2D eigenvalue weighted by molar-refractivity contribution is -0.145. The fraction of sp³-hybridized carbons (Fsp3) is 0.360. The Kier molecular flexibility index (Phi) is 8.22. The van der Waals surface area contributed by atoms with E-state index in [0.29, 0.717) is 6.42 Å². The van der Waals surface area contributed by atoms with Crippen molar-refractivity contribution in [3.63, 3.8) is 0 Å². The van der Waals surface area contributed by atoms with E-state index in [0.717, 1.165) is 22.3 Å². The number of ether oxygens (including phenoxy) is 1. The van der Waals surface area contributed by atoms with Crippen LogP contribution in [0.25, 0.3) is 11.1 Å². The summed E-state index contributed by atoms with van der Waals surface area (Å²) >= 11 is 0. The van der Waals surface area contributed by atoms with Crippen LogP contribution in [0.1, 0.15) is 43.2 Å². The summed E-state index contributed by atoms with van der Waals surface area (Å²) in [5.74, 6) is -2.34. The number of hydrogen-bond donors (Lipinski definition) is 4. The summed E-state index contributed by atoms with van der Waals surface area (Å²) in [6.07, 6.45) is -1.59. The van der Waals surface area contributed by atoms with Crippen molar-refractivity contribution in [3.05, 3.63) is 59.7 Å². The number of unbranched alkanes of at least 4 members (excludes halogenated alkanes) is 1. The third-order valence-electron chi connectivity index (χ3n) is 5.78. The number of amides is 2. The van der Waals surface area contributed by atoms with Crippen LogP contribution < -0.4 is 10.6 Å². The van der Waals surface area contributed by atoms with Gasteiger partial charge in [0.05, 0.1) is 12.2 Å². The molecule has 3 rings (SSSR count). The standard InChI is InChI=1S/C25H27N3O6/c1-15(29)22(24(31)32)28-23(30)21(12-6-7-13-26)27-25(33)34-14-20-18-10-4-2-8-16(18)17-9-3-5-11-19(17)20/h2-5,8-11,15,20-22,29H,6-7,12,14H2,1H3,(H,27,33)(H,28,30)(H,31,32)/t15-,21?,22+/m1/s1. The van der Waals surface area contributed by atoms with Crippen LogP contribution in [-0.4, -0.2) is 53.0 Å². The van der Waals surface area contributed by atoms with Crippen LogP contribution in [0, 0.1) is 11.3 Å². The lowest BCUT2D eigenvalue weighted by Crippen LogP contribution is -2.54. The van der Waals surface area contributed by atoms with Gasteiger partial charge in [0.2, 0.25) is 5.91 Å². The third kappa shape index (κ3) is 5.71. The van der Waals surface area contributed by atoms with Gasteiger partial charge in [0.1, 0.15) is 12.6 Å². The van der Waals surface area contributed by atoms with Crippen molar-refractivity contribution in [1.29, 1.82) is 5.26 Å². The number of nitriles is 1. The van der Waals surface area contributed by atoms with E-state index < -0.39 is 36.2 Å². The summed E-state index contributed by atoms with van der Waals surface area (Å²) in [4.78, 5) is 36.5. The van der Waals surface area contributed by atoms with E-state index in [4.69, 9.17) is 10.00 Å². The first-order valence-electron chi connectivity index (χ1n) is 11.0. The first-order chi connectivity index (χ1) is 16.3. The first-order valence-corrected chi connectivity index (χ1v) is 11.0. The zero-order valence-electron chi connectivity index (χ0n) is 18.7. The predicted octanol–water partition coefficient (Wildman–Crippen LogP) is 2.54. The highest BCUT2D eigenvalue weighted by atomic mass is 16.5. The molecule has 9 nitrogen and oxygen atoms in total. The number of alkyl carbamates (subject to hydrolysis) is 1. The van der Waals surface area contributed by atoms with Crippen LogP contribution in [0.2, 0.25) is 0 Å². The summed E-state index contributed by atoms with van der Waals surface area (Å²) in [6.45, 7) is 1.29. The number of aliphatic carboxylic acids is 1. The molecule has 4 N–H and O–H groups in total. The van der Waals surface area contributed by atoms with Crippen LogP contribution >= 0.6 is 0 Å². The normalized spacial score (nSPS) is 14.6. The molecule has 178 valence electrons. The van der Waals surface area contributed by atoms with Gasteiger partial charge in [-0.05, 0) is 42.0 Å². The number of hydrogen-bond acceptors (Lipinski definition) is 6. The summed E-state index contributed by atoms with van der Waals surface area (Å²) in [5, 5.41) is 32.3. The number of carbonyl (C=O) groups excluding carboxylic acids is 2. The van der Waals surface area contributed by atoms with Crippen LogP contribution in [0.15, 0.2) is 48.5 Å². The minimum absolute atomic E-state index is 0.0534. The second kappa shape index (κ2) is 11.3. The molecule has 0 bridgehead atoms. The van der Waals surface area contributed by atoms with Crippen molar-refractivity contribution in [2.45, 2.75) is 50.3 Å². The summed E-state index contributed by atoms with van der Waals surface area (Å²) < 4.78 is 5.47. The molecule has 2 aromatic rings. The Balaban J connectivity index is 1.67. The van der Waals surface area contributed by atoms with Gasteiger partial charge in [-0.2, -0.15) is 5.26 Å². The van der Waals surface area contributed by atoms with Gasteiger partial charge in [0.25, 0.3) is 0 Å². The fourth-order valence-corrected chi connectivity index (χ4v) is 4.08. The van der Waals surface area contributed by atoms with E-state index in [1.807, 2.05) is 54.6 Å². The highest BCUT2D eigenvalue weighted by Gasteiger charge is 2.31. The molecule has 0 heterocycles. The molecule has 2 aromatic carbocycles. The Labute approximate surface area is 197 Å². The minimum atomic E-state index is -1.53. The molecule has 0 aliphatic heterocycles. The second-order valence-corrected chi connectivity index (χ2v) is 8.14. The maximum Gasteiger partial charge on any atom is 0.407 e. The van der Waals surface area contributed by atoms with Crippen molar-refractivity contribution in [2.75, 3.05) is 6.61 Å². The van der Waals surface area contributed by atoms with Crippen molar-refractivity contribution >= 4 is 18.0 Å². The lowest BCUT2D eigenvalue weighted by atomic mass is 9.98. The van der Waals surface area contributed by atoms with Gasteiger partial charge in [-0.15, -0.1) is 0 Å². The number of aliphatic hydroxyl groups is 1. The molecule has 34 heavy (non-hydrogen) atoms. The quantitative estimate of drug-likeness (QED) is 0.394. The number of carboxylic acid groups (broad SMARTS) is 1. The Hall–Kier alpha value is -3.90. The average molecular weight is 466 g/mol. The van der Waals surface area contributed by atoms with E-state index in [9.17, 15) is 24.6 Å². The first kappa shape index (κ1) is 24.7. The Morgan fingerprint density at radius 2 is 1.65 bits per heavy atom. The van der Waals surface area contributed by atoms with Gasteiger partial charge in [-0.25, -0.2) is 9.59 Å². The summed E-state index contributed by atoms with van der Waals surface area (Å²) in [5.41, 5.74) is 4.25. The minimum Gasteiger partial charge on any atom is -0.480 e. The molecule has 2 amide bonds. The van der Waals surface area contributed by atoms with Crippen LogP contribution in [-0.2, 0) is 14.3 Å². The van der Waals surface area contributed by atoms with Crippen molar-refractivity contribution in [2.24, 2.45) is 0 Å². The molecule has 3 atom stereocenters. The van der Waals surface area contributed by atoms with Gasteiger partial charge in [0.15, 0.2) is 6.04 Å². The number of aliphatic hydroxyl groups excluding tert-OH is 1. The van der Waals surface area contributed by atoms with Crippen molar-refractivity contribution < 1.29 is 29.3 Å². The maximum atomic E-state index is 12.6. The molecule has 1 aliphatic carbocycles. The monoisotopic (exact) mass is 465 g/mol. The molecule has 0 radical (unpaired) electrons. The smallest absolute Gasteiger partial charge is 0.407 e. The molecule has 0 saturated heterocycles. The number of carbonyl (C=O) groups is 3. The van der Waals surface area contributed by atoms with Crippen molar-refractivity contribution in [3.8, 4) is 17.2 Å². The topological polar surface area (TPSA) is 149 Å². The lowest BCUT2D eigenvalue weighted by Gasteiger charge is -2.23. The van der Waals surface area contributed by atoms with Gasteiger partial charge >= 0.3 is 12.1 Å². The molecule has 1 unspecified atom stereocenters. The molecule has 9 heteroatoms. The summed E-state index contributed by atoms with van der Waals surface area (Å²) in [6, 6.07) is 15.1. The highest BCUT2D eigenvalue weighted by Crippen LogP contribution is 2.44. The van der Waals surface area contributed by atoms with Crippen molar-refractivity contribution in [1.82, 2.24) is 10.6 Å². The second-order valence-electron chi connectivity index (χ2n) is 8.14. The predicted molar refractivity (Wildman–Crippen MR) is 123 cm³/mol. The van der Waals surface area contributed by atoms with Gasteiger partial charge in [0, 0.05) is 12.3 Å². The summed E-state index contributed by atoms with van der Waals surface area (Å²) in [7, 11) is 0. The number of nitrogens with zero attached hydrogens (tertiary/aromatic N) is 1. The Morgan fingerprint density at radius 3 is 2.18 bits per heavy atom. The maximum absolute atomic E-state index is 12.6. The van der Waals surface area contributed by atoms with E-state index in [1.165, 1.54) is 6.92 Å². The molecule has 0 fully saturated rings. The van der Waals surface area contributed by atoms with Gasteiger partial charge in [-0.3, -0.25) is 4.79 Å². The SMILES string of the molecule is C[C@@H](O)[C@H](NC(=O)C(CCCC#N)NC(=O)OCC1c2ccccc2-c2ccccc21)C(=O)O. The van der Waals surface area contributed by atoms with Gasteiger partial charge in [-0.1, -0.05) is 48.5 Å².